The number of anilines is 3. The molecule has 0 saturated carbocycles. The third-order valence-corrected chi connectivity index (χ3v) is 3.48. The maximum absolute atomic E-state index is 12.1. The highest BCUT2D eigenvalue weighted by atomic mass is 16.1. The van der Waals surface area contributed by atoms with Gasteiger partial charge in [0.25, 0.3) is 5.91 Å². The van der Waals surface area contributed by atoms with Gasteiger partial charge in [-0.15, -0.1) is 0 Å². The van der Waals surface area contributed by atoms with Crippen molar-refractivity contribution >= 4 is 23.4 Å². The van der Waals surface area contributed by atoms with Gasteiger partial charge in [0, 0.05) is 30.5 Å². The average molecular weight is 297 g/mol. The second-order valence-corrected chi connectivity index (χ2v) is 5.21. The summed E-state index contributed by atoms with van der Waals surface area (Å²) in [6.07, 6.45) is 4.78. The van der Waals surface area contributed by atoms with Crippen LogP contribution in [0.2, 0.25) is 0 Å². The molecule has 0 fully saturated rings. The summed E-state index contributed by atoms with van der Waals surface area (Å²) in [6.45, 7) is 1.56. The number of amides is 1. The van der Waals surface area contributed by atoms with E-state index in [0.717, 1.165) is 37.3 Å². The van der Waals surface area contributed by atoms with Gasteiger partial charge in [-0.3, -0.25) is 4.79 Å². The predicted octanol–water partition coefficient (Wildman–Crippen LogP) is 2.55. The summed E-state index contributed by atoms with van der Waals surface area (Å²) in [5.41, 5.74) is 1.42. The molecular formula is C16H19N5O. The molecule has 2 heterocycles. The van der Waals surface area contributed by atoms with Crippen molar-refractivity contribution in [2.75, 3.05) is 23.7 Å². The number of hydrogen-bond donors (Lipinski definition) is 3. The lowest BCUT2D eigenvalue weighted by Gasteiger charge is -2.08. The van der Waals surface area contributed by atoms with E-state index in [1.165, 1.54) is 0 Å². The van der Waals surface area contributed by atoms with Gasteiger partial charge in [-0.05, 0) is 43.5 Å². The molecule has 0 saturated heterocycles. The molecule has 1 aliphatic rings. The van der Waals surface area contributed by atoms with Crippen LogP contribution in [0.4, 0.5) is 17.5 Å². The Morgan fingerprint density at radius 1 is 1.00 bits per heavy atom. The molecule has 3 rings (SSSR count). The summed E-state index contributed by atoms with van der Waals surface area (Å²) in [7, 11) is 0. The number of aromatic nitrogens is 2. The van der Waals surface area contributed by atoms with E-state index < -0.39 is 0 Å². The van der Waals surface area contributed by atoms with Crippen LogP contribution in [0, 0.1) is 0 Å². The van der Waals surface area contributed by atoms with Crippen LogP contribution in [0.15, 0.2) is 36.5 Å². The molecule has 0 aliphatic carbocycles. The third kappa shape index (κ3) is 3.72. The lowest BCUT2D eigenvalue weighted by Crippen LogP contribution is -2.24. The van der Waals surface area contributed by atoms with Crippen molar-refractivity contribution in [2.45, 2.75) is 19.3 Å². The average Bonchev–Trinajstić information content (AvgIpc) is 2.54. The minimum absolute atomic E-state index is 0.0497. The van der Waals surface area contributed by atoms with Gasteiger partial charge in [-0.25, -0.2) is 4.98 Å². The Morgan fingerprint density at radius 2 is 1.86 bits per heavy atom. The van der Waals surface area contributed by atoms with Gasteiger partial charge in [0.2, 0.25) is 5.95 Å². The van der Waals surface area contributed by atoms with Gasteiger partial charge in [0.1, 0.15) is 5.82 Å². The van der Waals surface area contributed by atoms with Crippen LogP contribution in [-0.2, 0) is 0 Å². The zero-order valence-electron chi connectivity index (χ0n) is 12.3. The Balaban J connectivity index is 1.86. The fraction of sp³-hybridized carbons (Fsp3) is 0.312. The summed E-state index contributed by atoms with van der Waals surface area (Å²) in [5.74, 6) is 1.27. The Labute approximate surface area is 129 Å². The maximum Gasteiger partial charge on any atom is 0.251 e. The lowest BCUT2D eigenvalue weighted by atomic mass is 10.2. The van der Waals surface area contributed by atoms with Crippen LogP contribution in [0.5, 0.6) is 0 Å². The smallest absolute Gasteiger partial charge is 0.251 e. The zero-order valence-corrected chi connectivity index (χ0v) is 12.3. The van der Waals surface area contributed by atoms with E-state index in [9.17, 15) is 4.79 Å². The minimum atomic E-state index is -0.0497. The molecule has 0 atom stereocenters. The van der Waals surface area contributed by atoms with Crippen LogP contribution in [0.25, 0.3) is 0 Å². The van der Waals surface area contributed by atoms with E-state index >= 15 is 0 Å². The molecule has 1 aromatic heterocycles. The number of rotatable bonds is 0. The molecule has 1 amide bonds. The number of hydrogen-bond acceptors (Lipinski definition) is 5. The first-order chi connectivity index (χ1) is 10.8. The van der Waals surface area contributed by atoms with E-state index in [4.69, 9.17) is 0 Å². The largest absolute Gasteiger partial charge is 0.370 e. The summed E-state index contributed by atoms with van der Waals surface area (Å²) >= 11 is 0. The van der Waals surface area contributed by atoms with Crippen LogP contribution in [0.1, 0.15) is 29.6 Å². The van der Waals surface area contributed by atoms with Crippen molar-refractivity contribution in [3.63, 3.8) is 0 Å². The number of nitrogens with one attached hydrogen (secondary N) is 3. The van der Waals surface area contributed by atoms with Crippen molar-refractivity contribution in [1.29, 1.82) is 0 Å². The molecule has 0 spiro atoms. The number of nitrogens with zero attached hydrogens (tertiary/aromatic N) is 2. The third-order valence-electron chi connectivity index (χ3n) is 3.48. The van der Waals surface area contributed by atoms with Crippen molar-refractivity contribution in [3.05, 3.63) is 42.1 Å². The molecule has 6 nitrogen and oxygen atoms in total. The summed E-state index contributed by atoms with van der Waals surface area (Å²) in [5, 5.41) is 9.37. The second kappa shape index (κ2) is 6.89. The second-order valence-electron chi connectivity index (χ2n) is 5.21. The van der Waals surface area contributed by atoms with Gasteiger partial charge in [-0.2, -0.15) is 4.98 Å². The summed E-state index contributed by atoms with van der Waals surface area (Å²) in [6, 6.07) is 9.19. The van der Waals surface area contributed by atoms with Crippen LogP contribution < -0.4 is 16.0 Å². The Kier molecular flexibility index (Phi) is 4.48. The maximum atomic E-state index is 12.1. The molecule has 6 heteroatoms. The van der Waals surface area contributed by atoms with Crippen molar-refractivity contribution in [2.24, 2.45) is 0 Å². The topological polar surface area (TPSA) is 78.9 Å². The van der Waals surface area contributed by atoms with E-state index in [1.54, 1.807) is 18.3 Å². The molecule has 1 aliphatic heterocycles. The molecule has 1 aromatic carbocycles. The van der Waals surface area contributed by atoms with Gasteiger partial charge in [0.05, 0.1) is 0 Å². The first kappa shape index (κ1) is 14.3. The number of carbonyl (C=O) groups excluding carboxylic acids is 1. The molecule has 2 aromatic rings. The SMILES string of the molecule is O=C1NCCCCCNc2ccnc(n2)Nc2cccc1c2. The molecule has 0 unspecified atom stereocenters. The van der Waals surface area contributed by atoms with Crippen molar-refractivity contribution < 1.29 is 4.79 Å². The van der Waals surface area contributed by atoms with Crippen molar-refractivity contribution in [1.82, 2.24) is 15.3 Å². The Hall–Kier alpha value is -2.63. The number of fused-ring (bicyclic) bond motifs is 4. The van der Waals surface area contributed by atoms with E-state index in [-0.39, 0.29) is 5.91 Å². The zero-order chi connectivity index (χ0) is 15.2. The Morgan fingerprint density at radius 3 is 2.77 bits per heavy atom. The van der Waals surface area contributed by atoms with E-state index in [0.29, 0.717) is 18.1 Å². The number of benzene rings is 1. The molecule has 3 N–H and O–H groups in total. The lowest BCUT2D eigenvalue weighted by molar-refractivity contribution is 0.0953. The van der Waals surface area contributed by atoms with Crippen LogP contribution >= 0.6 is 0 Å². The molecule has 0 radical (unpaired) electrons. The molecule has 22 heavy (non-hydrogen) atoms. The van der Waals surface area contributed by atoms with Gasteiger partial charge >= 0.3 is 0 Å². The normalized spacial score (nSPS) is 15.5. The summed E-state index contributed by atoms with van der Waals surface area (Å²) < 4.78 is 0. The highest BCUT2D eigenvalue weighted by Gasteiger charge is 2.07. The molecule has 4 bridgehead atoms. The van der Waals surface area contributed by atoms with Gasteiger partial charge < -0.3 is 16.0 Å². The first-order valence-corrected chi connectivity index (χ1v) is 7.53. The monoisotopic (exact) mass is 297 g/mol. The first-order valence-electron chi connectivity index (χ1n) is 7.53. The highest BCUT2D eigenvalue weighted by Crippen LogP contribution is 2.16. The Bertz CT molecular complexity index is 658. The van der Waals surface area contributed by atoms with Crippen molar-refractivity contribution in [3.8, 4) is 0 Å². The van der Waals surface area contributed by atoms with Gasteiger partial charge in [0.15, 0.2) is 0 Å². The van der Waals surface area contributed by atoms with Crippen LogP contribution in [-0.4, -0.2) is 29.0 Å². The standard InChI is InChI=1S/C16H19N5O/c22-15-12-5-4-6-13(11-12)20-16-19-10-7-14(21-16)17-8-2-1-3-9-18-15/h4-7,10-11H,1-3,8-9H2,(H,18,22)(H2,17,19,20,21). The predicted molar refractivity (Wildman–Crippen MR) is 86.4 cm³/mol. The van der Waals surface area contributed by atoms with Crippen LogP contribution in [0.3, 0.4) is 0 Å². The fourth-order valence-electron chi connectivity index (χ4n) is 2.33. The molecular weight excluding hydrogens is 278 g/mol. The minimum Gasteiger partial charge on any atom is -0.370 e. The van der Waals surface area contributed by atoms with Gasteiger partial charge in [-0.1, -0.05) is 6.07 Å². The number of carbonyl (C=O) groups is 1. The van der Waals surface area contributed by atoms with E-state index in [1.807, 2.05) is 18.2 Å². The van der Waals surface area contributed by atoms with E-state index in [2.05, 4.69) is 25.9 Å². The summed E-state index contributed by atoms with van der Waals surface area (Å²) in [4.78, 5) is 20.7. The fourth-order valence-corrected chi connectivity index (χ4v) is 2.33. The quantitative estimate of drug-likeness (QED) is 0.696. The highest BCUT2D eigenvalue weighted by molar-refractivity contribution is 5.95. The molecule has 114 valence electrons.